The number of nitrogens with one attached hydrogen (secondary N) is 1. The Balaban J connectivity index is 1.58. The van der Waals surface area contributed by atoms with Gasteiger partial charge in [0.1, 0.15) is 17.5 Å². The van der Waals surface area contributed by atoms with Crippen molar-refractivity contribution in [3.05, 3.63) is 58.8 Å². The average molecular weight is 347 g/mol. The fourth-order valence-corrected chi connectivity index (χ4v) is 2.88. The van der Waals surface area contributed by atoms with Crippen LogP contribution in [0.5, 0.6) is 0 Å². The third-order valence-corrected chi connectivity index (χ3v) is 4.26. The highest BCUT2D eigenvalue weighted by Gasteiger charge is 2.15. The fourth-order valence-electron chi connectivity index (χ4n) is 2.88. The molecule has 0 unspecified atom stereocenters. The highest BCUT2D eigenvalue weighted by atomic mass is 19.1. The summed E-state index contributed by atoms with van der Waals surface area (Å²) in [6.07, 6.45) is 4.12. The van der Waals surface area contributed by atoms with Crippen molar-refractivity contribution in [2.45, 2.75) is 25.9 Å². The van der Waals surface area contributed by atoms with E-state index in [1.54, 1.807) is 6.20 Å². The van der Waals surface area contributed by atoms with Gasteiger partial charge in [-0.3, -0.25) is 0 Å². The summed E-state index contributed by atoms with van der Waals surface area (Å²) in [7, 11) is 0. The minimum atomic E-state index is -1.36. The Morgan fingerprint density at radius 1 is 1.16 bits per heavy atom. The summed E-state index contributed by atoms with van der Waals surface area (Å²) in [5.74, 6) is -2.15. The lowest BCUT2D eigenvalue weighted by molar-refractivity contribution is 0.0695. The van der Waals surface area contributed by atoms with Gasteiger partial charge >= 0.3 is 5.97 Å². The molecule has 25 heavy (non-hydrogen) atoms. The minimum Gasteiger partial charge on any atom is -0.478 e. The van der Waals surface area contributed by atoms with E-state index in [4.69, 9.17) is 5.11 Å². The number of carboxylic acid groups (broad SMARTS) is 1. The lowest BCUT2D eigenvalue weighted by atomic mass is 10.1. The molecule has 0 aliphatic carbocycles. The quantitative estimate of drug-likeness (QED) is 0.841. The zero-order valence-corrected chi connectivity index (χ0v) is 13.6. The Hall–Kier alpha value is -2.54. The van der Waals surface area contributed by atoms with Gasteiger partial charge in [0.25, 0.3) is 0 Å². The number of benzene rings is 1. The molecule has 1 saturated heterocycles. The van der Waals surface area contributed by atoms with Gasteiger partial charge in [-0.05, 0) is 36.6 Å². The molecular weight excluding hydrogens is 328 g/mol. The maximum absolute atomic E-state index is 13.9. The summed E-state index contributed by atoms with van der Waals surface area (Å²) in [5, 5.41) is 11.7. The van der Waals surface area contributed by atoms with Crippen molar-refractivity contribution in [1.29, 1.82) is 0 Å². The number of carbonyl (C=O) groups is 1. The zero-order chi connectivity index (χ0) is 17.8. The zero-order valence-electron chi connectivity index (χ0n) is 13.6. The number of hydrogen-bond acceptors (Lipinski definition) is 4. The third-order valence-electron chi connectivity index (χ3n) is 4.26. The Morgan fingerprint density at radius 3 is 2.40 bits per heavy atom. The van der Waals surface area contributed by atoms with Gasteiger partial charge in [-0.1, -0.05) is 6.07 Å². The van der Waals surface area contributed by atoms with Crippen molar-refractivity contribution >= 4 is 11.8 Å². The van der Waals surface area contributed by atoms with Crippen LogP contribution in [0.4, 0.5) is 14.6 Å². The number of hydrogen-bond donors (Lipinski definition) is 2. The topological polar surface area (TPSA) is 65.5 Å². The largest absolute Gasteiger partial charge is 0.478 e. The summed E-state index contributed by atoms with van der Waals surface area (Å²) in [5.41, 5.74) is 0.331. The second-order valence-electron chi connectivity index (χ2n) is 6.05. The summed E-state index contributed by atoms with van der Waals surface area (Å²) < 4.78 is 27.7. The summed E-state index contributed by atoms with van der Waals surface area (Å²) in [4.78, 5) is 17.4. The first-order valence-corrected chi connectivity index (χ1v) is 8.16. The first-order chi connectivity index (χ1) is 12.0. The molecule has 0 amide bonds. The second-order valence-corrected chi connectivity index (χ2v) is 6.05. The number of aromatic carboxylic acids is 1. The van der Waals surface area contributed by atoms with Gasteiger partial charge in [0, 0.05) is 37.9 Å². The number of carboxylic acids is 1. The van der Waals surface area contributed by atoms with E-state index in [0.29, 0.717) is 6.54 Å². The van der Waals surface area contributed by atoms with Crippen LogP contribution in [-0.4, -0.2) is 29.1 Å². The fraction of sp³-hybridized carbons (Fsp3) is 0.333. The molecule has 7 heteroatoms. The van der Waals surface area contributed by atoms with E-state index in [0.717, 1.165) is 36.6 Å². The molecule has 3 rings (SSSR count). The molecule has 0 atom stereocenters. The average Bonchev–Trinajstić information content (AvgIpc) is 3.12. The normalized spacial score (nSPS) is 14.1. The molecule has 1 fully saturated rings. The first kappa shape index (κ1) is 17.3. The van der Waals surface area contributed by atoms with Crippen LogP contribution in [0.3, 0.4) is 0 Å². The van der Waals surface area contributed by atoms with Crippen LogP contribution in [-0.2, 0) is 13.1 Å². The van der Waals surface area contributed by atoms with Gasteiger partial charge in [0.2, 0.25) is 0 Å². The number of nitrogens with zero attached hydrogens (tertiary/aromatic N) is 2. The van der Waals surface area contributed by atoms with E-state index in [1.807, 2.05) is 12.1 Å². The van der Waals surface area contributed by atoms with Crippen LogP contribution < -0.4 is 10.2 Å². The molecule has 1 aromatic heterocycles. The Morgan fingerprint density at radius 2 is 1.84 bits per heavy atom. The SMILES string of the molecule is O=C(O)c1cc(F)c(CNCc2ccc(N3CCCC3)nc2)c(F)c1. The summed E-state index contributed by atoms with van der Waals surface area (Å²) in [6.45, 7) is 2.42. The molecule has 0 spiro atoms. The minimum absolute atomic E-state index is 0.0363. The maximum Gasteiger partial charge on any atom is 0.335 e. The molecular formula is C18H19F2N3O2. The standard InChI is InChI=1S/C18H19F2N3O2/c19-15-7-13(18(24)25)8-16(20)14(15)11-21-9-12-3-4-17(22-10-12)23-5-1-2-6-23/h3-4,7-8,10,21H,1-2,5-6,9,11H2,(H,24,25). The molecule has 2 heterocycles. The molecule has 1 aliphatic heterocycles. The highest BCUT2D eigenvalue weighted by Crippen LogP contribution is 2.18. The van der Waals surface area contributed by atoms with E-state index in [1.165, 1.54) is 12.8 Å². The predicted octanol–water partition coefficient (Wildman–Crippen LogP) is 2.95. The summed E-state index contributed by atoms with van der Waals surface area (Å²) >= 11 is 0. The monoisotopic (exact) mass is 347 g/mol. The molecule has 132 valence electrons. The molecule has 0 bridgehead atoms. The van der Waals surface area contributed by atoms with Crippen LogP contribution >= 0.6 is 0 Å². The Bertz CT molecular complexity index is 736. The number of anilines is 1. The Kier molecular flexibility index (Phi) is 5.23. The van der Waals surface area contributed by atoms with Crippen molar-refractivity contribution < 1.29 is 18.7 Å². The van der Waals surface area contributed by atoms with Crippen molar-refractivity contribution in [2.24, 2.45) is 0 Å². The van der Waals surface area contributed by atoms with E-state index in [2.05, 4.69) is 15.2 Å². The van der Waals surface area contributed by atoms with Crippen LogP contribution in [0.15, 0.2) is 30.5 Å². The lowest BCUT2D eigenvalue weighted by Gasteiger charge is -2.16. The van der Waals surface area contributed by atoms with Crippen LogP contribution in [0, 0.1) is 11.6 Å². The van der Waals surface area contributed by atoms with Crippen LogP contribution in [0.1, 0.15) is 34.3 Å². The molecule has 2 N–H and O–H groups in total. The van der Waals surface area contributed by atoms with Gasteiger partial charge in [0.15, 0.2) is 0 Å². The van der Waals surface area contributed by atoms with Crippen LogP contribution in [0.2, 0.25) is 0 Å². The van der Waals surface area contributed by atoms with Gasteiger partial charge in [-0.15, -0.1) is 0 Å². The number of halogens is 2. The van der Waals surface area contributed by atoms with E-state index >= 15 is 0 Å². The Labute approximate surface area is 144 Å². The van der Waals surface area contributed by atoms with Gasteiger partial charge in [-0.2, -0.15) is 0 Å². The van der Waals surface area contributed by atoms with E-state index in [9.17, 15) is 13.6 Å². The molecule has 1 aromatic carbocycles. The van der Waals surface area contributed by atoms with E-state index < -0.39 is 23.2 Å². The van der Waals surface area contributed by atoms with E-state index in [-0.39, 0.29) is 12.1 Å². The van der Waals surface area contributed by atoms with Crippen LogP contribution in [0.25, 0.3) is 0 Å². The molecule has 0 radical (unpaired) electrons. The molecule has 1 aliphatic rings. The van der Waals surface area contributed by atoms with Crippen molar-refractivity contribution in [2.75, 3.05) is 18.0 Å². The summed E-state index contributed by atoms with van der Waals surface area (Å²) in [6, 6.07) is 5.54. The van der Waals surface area contributed by atoms with Crippen molar-refractivity contribution in [3.8, 4) is 0 Å². The number of aromatic nitrogens is 1. The number of pyridine rings is 1. The predicted molar refractivity (Wildman–Crippen MR) is 89.5 cm³/mol. The smallest absolute Gasteiger partial charge is 0.335 e. The lowest BCUT2D eigenvalue weighted by Crippen LogP contribution is -2.19. The third kappa shape index (κ3) is 4.11. The van der Waals surface area contributed by atoms with Gasteiger partial charge in [0.05, 0.1) is 5.56 Å². The number of rotatable bonds is 6. The second kappa shape index (κ2) is 7.57. The maximum atomic E-state index is 13.9. The van der Waals surface area contributed by atoms with Crippen molar-refractivity contribution in [3.63, 3.8) is 0 Å². The molecule has 2 aromatic rings. The first-order valence-electron chi connectivity index (χ1n) is 8.16. The highest BCUT2D eigenvalue weighted by molar-refractivity contribution is 5.87. The van der Waals surface area contributed by atoms with Gasteiger partial charge in [-0.25, -0.2) is 18.6 Å². The molecule has 5 nitrogen and oxygen atoms in total. The van der Waals surface area contributed by atoms with Crippen molar-refractivity contribution in [1.82, 2.24) is 10.3 Å². The van der Waals surface area contributed by atoms with Gasteiger partial charge < -0.3 is 15.3 Å². The molecule has 0 saturated carbocycles.